The van der Waals surface area contributed by atoms with Crippen molar-refractivity contribution in [3.05, 3.63) is 58.1 Å². The molecule has 0 saturated carbocycles. The molecule has 6 heteroatoms. The van der Waals surface area contributed by atoms with Gasteiger partial charge in [-0.2, -0.15) is 4.31 Å². The van der Waals surface area contributed by atoms with Crippen LogP contribution in [0.5, 0.6) is 5.75 Å². The van der Waals surface area contributed by atoms with Gasteiger partial charge in [-0.3, -0.25) is 0 Å². The maximum atomic E-state index is 13.1. The van der Waals surface area contributed by atoms with Gasteiger partial charge in [-0.05, 0) is 66.6 Å². The molecule has 0 atom stereocenters. The van der Waals surface area contributed by atoms with Crippen LogP contribution in [-0.2, 0) is 29.4 Å². The van der Waals surface area contributed by atoms with E-state index in [-0.39, 0.29) is 11.4 Å². The summed E-state index contributed by atoms with van der Waals surface area (Å²) in [6.07, 6.45) is 4.13. The van der Waals surface area contributed by atoms with Crippen LogP contribution in [0.3, 0.4) is 0 Å². The highest BCUT2D eigenvalue weighted by molar-refractivity contribution is 7.89. The number of hydrogen-bond donors (Lipinski definition) is 0. The summed E-state index contributed by atoms with van der Waals surface area (Å²) in [6, 6.07) is 10.9. The standard InChI is InChI=1S/C19H22ClNO3S/c1-21(13-14-7-9-17(20)10-8-14)25(22,23)19-12-16-6-4-3-5-15(16)11-18(19)24-2/h7-12H,3-6,13H2,1-2H3. The quantitative estimate of drug-likeness (QED) is 0.787. The summed E-state index contributed by atoms with van der Waals surface area (Å²) in [4.78, 5) is 0.243. The van der Waals surface area contributed by atoms with Gasteiger partial charge >= 0.3 is 0 Å². The number of fused-ring (bicyclic) bond motifs is 1. The number of benzene rings is 2. The van der Waals surface area contributed by atoms with Crippen molar-refractivity contribution in [2.24, 2.45) is 0 Å². The number of hydrogen-bond acceptors (Lipinski definition) is 3. The van der Waals surface area contributed by atoms with E-state index in [4.69, 9.17) is 16.3 Å². The maximum absolute atomic E-state index is 13.1. The second-order valence-electron chi connectivity index (χ2n) is 6.37. The fraction of sp³-hybridized carbons (Fsp3) is 0.368. The molecule has 0 N–H and O–H groups in total. The second kappa shape index (κ2) is 7.36. The highest BCUT2D eigenvalue weighted by Gasteiger charge is 2.27. The van der Waals surface area contributed by atoms with Gasteiger partial charge in [0.1, 0.15) is 10.6 Å². The van der Waals surface area contributed by atoms with Crippen LogP contribution in [0.1, 0.15) is 29.5 Å². The summed E-state index contributed by atoms with van der Waals surface area (Å²) < 4.78 is 32.9. The summed E-state index contributed by atoms with van der Waals surface area (Å²) in [7, 11) is -0.545. The van der Waals surface area contributed by atoms with Crippen LogP contribution < -0.4 is 4.74 Å². The molecule has 0 bridgehead atoms. The lowest BCUT2D eigenvalue weighted by atomic mass is 9.92. The molecule has 0 radical (unpaired) electrons. The monoisotopic (exact) mass is 379 g/mol. The van der Waals surface area contributed by atoms with Crippen LogP contribution in [0.15, 0.2) is 41.3 Å². The van der Waals surface area contributed by atoms with E-state index in [1.165, 1.54) is 17.0 Å². The minimum Gasteiger partial charge on any atom is -0.495 e. The molecule has 2 aromatic carbocycles. The molecule has 0 amide bonds. The largest absolute Gasteiger partial charge is 0.495 e. The molecule has 134 valence electrons. The van der Waals surface area contributed by atoms with Crippen molar-refractivity contribution < 1.29 is 13.2 Å². The molecule has 0 spiro atoms. The van der Waals surface area contributed by atoms with Gasteiger partial charge in [0.15, 0.2) is 0 Å². The highest BCUT2D eigenvalue weighted by atomic mass is 35.5. The van der Waals surface area contributed by atoms with Gasteiger partial charge in [0.2, 0.25) is 10.0 Å². The number of nitrogens with zero attached hydrogens (tertiary/aromatic N) is 1. The molecule has 25 heavy (non-hydrogen) atoms. The van der Waals surface area contributed by atoms with Crippen molar-refractivity contribution in [1.29, 1.82) is 0 Å². The third-order valence-corrected chi connectivity index (χ3v) is 6.71. The van der Waals surface area contributed by atoms with E-state index in [1.807, 2.05) is 18.2 Å². The molecule has 0 aromatic heterocycles. The Bertz CT molecular complexity index is 863. The van der Waals surface area contributed by atoms with Gasteiger partial charge in [-0.1, -0.05) is 23.7 Å². The summed E-state index contributed by atoms with van der Waals surface area (Å²) >= 11 is 5.89. The summed E-state index contributed by atoms with van der Waals surface area (Å²) in [5.41, 5.74) is 3.19. The predicted octanol–water partition coefficient (Wildman–Crippen LogP) is 4.05. The molecule has 0 fully saturated rings. The molecular formula is C19H22ClNO3S. The molecule has 2 aromatic rings. The number of halogens is 1. The Morgan fingerprint density at radius 1 is 1.08 bits per heavy atom. The Labute approximate surface area is 154 Å². The van der Waals surface area contributed by atoms with Gasteiger partial charge in [0, 0.05) is 18.6 Å². The molecule has 0 aliphatic heterocycles. The third kappa shape index (κ3) is 3.84. The van der Waals surface area contributed by atoms with Crippen molar-refractivity contribution in [2.75, 3.05) is 14.2 Å². The van der Waals surface area contributed by atoms with E-state index in [2.05, 4.69) is 0 Å². The van der Waals surface area contributed by atoms with Gasteiger partial charge in [0.25, 0.3) is 0 Å². The van der Waals surface area contributed by atoms with Crippen molar-refractivity contribution >= 4 is 21.6 Å². The fourth-order valence-corrected chi connectivity index (χ4v) is 4.67. The maximum Gasteiger partial charge on any atom is 0.246 e. The van der Waals surface area contributed by atoms with E-state index in [0.717, 1.165) is 36.8 Å². The van der Waals surface area contributed by atoms with Crippen LogP contribution in [0.4, 0.5) is 0 Å². The molecule has 0 unspecified atom stereocenters. The van der Waals surface area contributed by atoms with E-state index in [0.29, 0.717) is 10.8 Å². The molecule has 4 nitrogen and oxygen atoms in total. The van der Waals surface area contributed by atoms with Crippen molar-refractivity contribution in [3.63, 3.8) is 0 Å². The SMILES string of the molecule is COc1cc2c(cc1S(=O)(=O)N(C)Cc1ccc(Cl)cc1)CCCC2. The lowest BCUT2D eigenvalue weighted by Gasteiger charge is -2.22. The van der Waals surface area contributed by atoms with E-state index < -0.39 is 10.0 Å². The van der Waals surface area contributed by atoms with E-state index in [9.17, 15) is 8.42 Å². The molecule has 0 saturated heterocycles. The smallest absolute Gasteiger partial charge is 0.246 e. The topological polar surface area (TPSA) is 46.6 Å². The summed E-state index contributed by atoms with van der Waals surface area (Å²) in [5.74, 6) is 0.420. The number of methoxy groups -OCH3 is 1. The Balaban J connectivity index is 1.94. The van der Waals surface area contributed by atoms with E-state index in [1.54, 1.807) is 25.2 Å². The Morgan fingerprint density at radius 2 is 1.68 bits per heavy atom. The van der Waals surface area contributed by atoms with Gasteiger partial charge in [-0.15, -0.1) is 0 Å². The van der Waals surface area contributed by atoms with Crippen molar-refractivity contribution in [1.82, 2.24) is 4.31 Å². The van der Waals surface area contributed by atoms with Crippen molar-refractivity contribution in [3.8, 4) is 5.75 Å². The first-order valence-corrected chi connectivity index (χ1v) is 10.1. The van der Waals surface area contributed by atoms with Crippen LogP contribution >= 0.6 is 11.6 Å². The first-order valence-electron chi connectivity index (χ1n) is 8.32. The first-order chi connectivity index (χ1) is 11.9. The zero-order valence-electron chi connectivity index (χ0n) is 14.5. The molecule has 1 aliphatic carbocycles. The predicted molar refractivity (Wildman–Crippen MR) is 99.7 cm³/mol. The second-order valence-corrected chi connectivity index (χ2v) is 8.82. The number of sulfonamides is 1. The number of rotatable bonds is 5. The average molecular weight is 380 g/mol. The zero-order chi connectivity index (χ0) is 18.0. The van der Waals surface area contributed by atoms with Crippen molar-refractivity contribution in [2.45, 2.75) is 37.1 Å². The number of ether oxygens (including phenoxy) is 1. The fourth-order valence-electron chi connectivity index (χ4n) is 3.20. The van der Waals surface area contributed by atoms with E-state index >= 15 is 0 Å². The molecule has 0 heterocycles. The van der Waals surface area contributed by atoms with Gasteiger partial charge in [-0.25, -0.2) is 8.42 Å². The van der Waals surface area contributed by atoms with Gasteiger partial charge in [0.05, 0.1) is 7.11 Å². The zero-order valence-corrected chi connectivity index (χ0v) is 16.0. The van der Waals surface area contributed by atoms with Crippen LogP contribution in [0.2, 0.25) is 5.02 Å². The van der Waals surface area contributed by atoms with Crippen LogP contribution in [-0.4, -0.2) is 26.9 Å². The first kappa shape index (κ1) is 18.2. The molecule has 1 aliphatic rings. The average Bonchev–Trinajstić information content (AvgIpc) is 2.62. The Hall–Kier alpha value is -1.56. The Morgan fingerprint density at radius 3 is 2.28 bits per heavy atom. The Kier molecular flexibility index (Phi) is 5.37. The highest BCUT2D eigenvalue weighted by Crippen LogP contribution is 2.33. The van der Waals surface area contributed by atoms with Crippen LogP contribution in [0, 0.1) is 0 Å². The lowest BCUT2D eigenvalue weighted by molar-refractivity contribution is 0.396. The summed E-state index contributed by atoms with van der Waals surface area (Å²) in [5, 5.41) is 0.630. The van der Waals surface area contributed by atoms with Gasteiger partial charge < -0.3 is 4.74 Å². The molecular weight excluding hydrogens is 358 g/mol. The summed E-state index contributed by atoms with van der Waals surface area (Å²) in [6.45, 7) is 0.278. The molecule has 3 rings (SSSR count). The third-order valence-electron chi connectivity index (χ3n) is 4.63. The minimum absolute atomic E-state index is 0.243. The normalized spacial score (nSPS) is 14.4. The number of aryl methyl sites for hydroxylation is 2. The van der Waals surface area contributed by atoms with Crippen LogP contribution in [0.25, 0.3) is 0 Å². The minimum atomic E-state index is -3.65. The lowest BCUT2D eigenvalue weighted by Crippen LogP contribution is -2.27.